The number of aryl methyl sites for hydroxylation is 1. The maximum Gasteiger partial charge on any atom is 0.237 e. The lowest BCUT2D eigenvalue weighted by Crippen LogP contribution is -2.16. The van der Waals surface area contributed by atoms with Crippen LogP contribution in [0.25, 0.3) is 0 Å². The van der Waals surface area contributed by atoms with Crippen molar-refractivity contribution < 1.29 is 9.15 Å². The third kappa shape index (κ3) is 2.14. The van der Waals surface area contributed by atoms with E-state index >= 15 is 0 Å². The SMILES string of the molecule is CCc1occc1C(N)c1nccnc1OC. The highest BCUT2D eigenvalue weighted by Gasteiger charge is 2.20. The fraction of sp³-hybridized carbons (Fsp3) is 0.333. The predicted octanol–water partition coefficient (Wildman–Crippen LogP) is 1.69. The normalized spacial score (nSPS) is 12.4. The molecule has 0 aromatic carbocycles. The van der Waals surface area contributed by atoms with Crippen LogP contribution in [0.5, 0.6) is 5.88 Å². The largest absolute Gasteiger partial charge is 0.480 e. The molecule has 1 atom stereocenters. The smallest absolute Gasteiger partial charge is 0.237 e. The lowest BCUT2D eigenvalue weighted by molar-refractivity contribution is 0.386. The van der Waals surface area contributed by atoms with E-state index in [2.05, 4.69) is 9.97 Å². The van der Waals surface area contributed by atoms with Crippen LogP contribution in [-0.4, -0.2) is 17.1 Å². The van der Waals surface area contributed by atoms with Crippen LogP contribution in [-0.2, 0) is 6.42 Å². The van der Waals surface area contributed by atoms with E-state index in [0.29, 0.717) is 11.6 Å². The Morgan fingerprint density at radius 3 is 2.88 bits per heavy atom. The zero-order chi connectivity index (χ0) is 12.3. The Bertz CT molecular complexity index is 496. The lowest BCUT2D eigenvalue weighted by atomic mass is 10.0. The summed E-state index contributed by atoms with van der Waals surface area (Å²) in [5.74, 6) is 1.31. The summed E-state index contributed by atoms with van der Waals surface area (Å²) in [7, 11) is 1.55. The topological polar surface area (TPSA) is 74.2 Å². The van der Waals surface area contributed by atoms with Gasteiger partial charge in [0.05, 0.1) is 19.4 Å². The van der Waals surface area contributed by atoms with Gasteiger partial charge in [-0.05, 0) is 6.07 Å². The number of ether oxygens (including phenoxy) is 1. The van der Waals surface area contributed by atoms with E-state index in [1.807, 2.05) is 13.0 Å². The Morgan fingerprint density at radius 2 is 2.18 bits per heavy atom. The van der Waals surface area contributed by atoms with Gasteiger partial charge in [0.2, 0.25) is 5.88 Å². The van der Waals surface area contributed by atoms with Crippen molar-refractivity contribution in [3.63, 3.8) is 0 Å². The van der Waals surface area contributed by atoms with Crippen LogP contribution in [0.3, 0.4) is 0 Å². The van der Waals surface area contributed by atoms with E-state index in [-0.39, 0.29) is 6.04 Å². The summed E-state index contributed by atoms with van der Waals surface area (Å²) in [4.78, 5) is 8.31. The maximum atomic E-state index is 6.17. The molecule has 0 aliphatic rings. The van der Waals surface area contributed by atoms with Crippen molar-refractivity contribution in [2.24, 2.45) is 5.73 Å². The second-order valence-corrected chi connectivity index (χ2v) is 3.58. The zero-order valence-electron chi connectivity index (χ0n) is 9.88. The van der Waals surface area contributed by atoms with Crippen molar-refractivity contribution in [1.82, 2.24) is 9.97 Å². The molecule has 0 bridgehead atoms. The van der Waals surface area contributed by atoms with Crippen LogP contribution in [0.1, 0.15) is 30.0 Å². The fourth-order valence-electron chi connectivity index (χ4n) is 1.77. The lowest BCUT2D eigenvalue weighted by Gasteiger charge is -2.13. The first-order valence-corrected chi connectivity index (χ1v) is 5.44. The van der Waals surface area contributed by atoms with Crippen molar-refractivity contribution in [3.05, 3.63) is 41.7 Å². The first-order chi connectivity index (χ1) is 8.27. The van der Waals surface area contributed by atoms with Crippen molar-refractivity contribution in [2.75, 3.05) is 7.11 Å². The van der Waals surface area contributed by atoms with E-state index in [0.717, 1.165) is 17.7 Å². The molecule has 2 heterocycles. The third-order valence-corrected chi connectivity index (χ3v) is 2.62. The number of rotatable bonds is 4. The molecule has 2 rings (SSSR count). The van der Waals surface area contributed by atoms with Gasteiger partial charge in [0, 0.05) is 24.4 Å². The minimum absolute atomic E-state index is 0.382. The number of aromatic nitrogens is 2. The highest BCUT2D eigenvalue weighted by Crippen LogP contribution is 2.27. The Balaban J connectivity index is 2.40. The van der Waals surface area contributed by atoms with Crippen LogP contribution in [0.2, 0.25) is 0 Å². The number of methoxy groups -OCH3 is 1. The molecule has 0 spiro atoms. The number of furan rings is 1. The molecule has 1 unspecified atom stereocenters. The monoisotopic (exact) mass is 233 g/mol. The summed E-state index contributed by atoms with van der Waals surface area (Å²) in [5.41, 5.74) is 7.71. The number of nitrogens with two attached hydrogens (primary N) is 1. The summed E-state index contributed by atoms with van der Waals surface area (Å²) in [6, 6.07) is 1.48. The average Bonchev–Trinajstić information content (AvgIpc) is 2.86. The van der Waals surface area contributed by atoms with Crippen molar-refractivity contribution in [2.45, 2.75) is 19.4 Å². The van der Waals surface area contributed by atoms with Crippen LogP contribution >= 0.6 is 0 Å². The van der Waals surface area contributed by atoms with Crippen molar-refractivity contribution >= 4 is 0 Å². The number of nitrogens with zero attached hydrogens (tertiary/aromatic N) is 2. The van der Waals surface area contributed by atoms with E-state index in [9.17, 15) is 0 Å². The van der Waals surface area contributed by atoms with Crippen LogP contribution in [0.4, 0.5) is 0 Å². The standard InChI is InChI=1S/C12H15N3O2/c1-3-9-8(4-7-17-9)10(13)11-12(16-2)15-6-5-14-11/h4-7,10H,3,13H2,1-2H3. The third-order valence-electron chi connectivity index (χ3n) is 2.62. The molecular formula is C12H15N3O2. The summed E-state index contributed by atoms with van der Waals surface area (Å²) < 4.78 is 10.5. The van der Waals surface area contributed by atoms with Crippen LogP contribution in [0, 0.1) is 0 Å². The molecule has 2 N–H and O–H groups in total. The number of hydrogen-bond donors (Lipinski definition) is 1. The zero-order valence-corrected chi connectivity index (χ0v) is 9.88. The highest BCUT2D eigenvalue weighted by molar-refractivity contribution is 5.33. The Kier molecular flexibility index (Phi) is 3.39. The molecule has 90 valence electrons. The molecule has 17 heavy (non-hydrogen) atoms. The van der Waals surface area contributed by atoms with Gasteiger partial charge in [-0.1, -0.05) is 6.92 Å². The van der Waals surface area contributed by atoms with Gasteiger partial charge in [0.1, 0.15) is 11.5 Å². The molecule has 0 aliphatic heterocycles. The van der Waals surface area contributed by atoms with Gasteiger partial charge in [-0.3, -0.25) is 4.98 Å². The van der Waals surface area contributed by atoms with Gasteiger partial charge in [-0.25, -0.2) is 4.98 Å². The first-order valence-electron chi connectivity index (χ1n) is 5.44. The van der Waals surface area contributed by atoms with Crippen LogP contribution < -0.4 is 10.5 Å². The second kappa shape index (κ2) is 4.97. The minimum atomic E-state index is -0.382. The van der Waals surface area contributed by atoms with Gasteiger partial charge >= 0.3 is 0 Å². The molecule has 2 aromatic rings. The Hall–Kier alpha value is -1.88. The molecule has 0 aliphatic carbocycles. The second-order valence-electron chi connectivity index (χ2n) is 3.58. The Labute approximate surface area is 99.6 Å². The molecule has 2 aromatic heterocycles. The molecule has 5 nitrogen and oxygen atoms in total. The molecule has 0 radical (unpaired) electrons. The van der Waals surface area contributed by atoms with Crippen LogP contribution in [0.15, 0.2) is 29.1 Å². The first kappa shape index (κ1) is 11.6. The molecule has 0 amide bonds. The van der Waals surface area contributed by atoms with E-state index < -0.39 is 0 Å². The summed E-state index contributed by atoms with van der Waals surface area (Å²) >= 11 is 0. The van der Waals surface area contributed by atoms with Gasteiger partial charge < -0.3 is 14.9 Å². The molecule has 0 saturated heterocycles. The van der Waals surface area contributed by atoms with Gasteiger partial charge in [0.25, 0.3) is 0 Å². The Morgan fingerprint density at radius 1 is 1.41 bits per heavy atom. The van der Waals surface area contributed by atoms with Crippen molar-refractivity contribution in [1.29, 1.82) is 0 Å². The van der Waals surface area contributed by atoms with E-state index in [1.54, 1.807) is 25.8 Å². The molecule has 5 heteroatoms. The van der Waals surface area contributed by atoms with Crippen molar-refractivity contribution in [3.8, 4) is 5.88 Å². The van der Waals surface area contributed by atoms with Gasteiger partial charge in [-0.15, -0.1) is 0 Å². The quantitative estimate of drug-likeness (QED) is 0.869. The summed E-state index contributed by atoms with van der Waals surface area (Å²) in [6.07, 6.45) is 5.60. The minimum Gasteiger partial charge on any atom is -0.480 e. The van der Waals surface area contributed by atoms with Gasteiger partial charge in [0.15, 0.2) is 0 Å². The van der Waals surface area contributed by atoms with E-state index in [4.69, 9.17) is 14.9 Å². The molecule has 0 saturated carbocycles. The molecular weight excluding hydrogens is 218 g/mol. The fourth-order valence-corrected chi connectivity index (χ4v) is 1.77. The predicted molar refractivity (Wildman–Crippen MR) is 62.7 cm³/mol. The number of hydrogen-bond acceptors (Lipinski definition) is 5. The summed E-state index contributed by atoms with van der Waals surface area (Å²) in [5, 5.41) is 0. The molecule has 0 fully saturated rings. The highest BCUT2D eigenvalue weighted by atomic mass is 16.5. The van der Waals surface area contributed by atoms with E-state index in [1.165, 1.54) is 0 Å². The average molecular weight is 233 g/mol. The van der Waals surface area contributed by atoms with Gasteiger partial charge in [-0.2, -0.15) is 0 Å². The summed E-state index contributed by atoms with van der Waals surface area (Å²) in [6.45, 7) is 2.02. The maximum absolute atomic E-state index is 6.17.